The van der Waals surface area contributed by atoms with E-state index in [1.807, 2.05) is 0 Å². The van der Waals surface area contributed by atoms with Gasteiger partial charge in [-0.25, -0.2) is 0 Å². The van der Waals surface area contributed by atoms with Crippen molar-refractivity contribution in [2.24, 2.45) is 17.7 Å². The maximum atomic E-state index is 5.85. The molecule has 0 heterocycles. The second-order valence-corrected chi connectivity index (χ2v) is 6.39. The van der Waals surface area contributed by atoms with Gasteiger partial charge in [0.25, 0.3) is 0 Å². The number of hydrazine groups is 1. The molecule has 1 saturated carbocycles. The molecule has 0 spiro atoms. The van der Waals surface area contributed by atoms with E-state index >= 15 is 0 Å². The molecule has 0 aromatic carbocycles. The molecule has 1 rings (SSSR count). The van der Waals surface area contributed by atoms with Crippen LogP contribution in [0.2, 0.25) is 0 Å². The molecule has 0 aromatic heterocycles. The van der Waals surface area contributed by atoms with Crippen LogP contribution in [0.5, 0.6) is 0 Å². The van der Waals surface area contributed by atoms with Gasteiger partial charge in [-0.2, -0.15) is 0 Å². The van der Waals surface area contributed by atoms with Crippen molar-refractivity contribution in [3.63, 3.8) is 0 Å². The molecule has 1 aliphatic carbocycles. The minimum atomic E-state index is -0.0737. The van der Waals surface area contributed by atoms with Gasteiger partial charge in [0.1, 0.15) is 0 Å². The van der Waals surface area contributed by atoms with Crippen LogP contribution in [0, 0.1) is 11.8 Å². The maximum absolute atomic E-state index is 5.85. The Balaban J connectivity index is 2.35. The molecule has 0 radical (unpaired) electrons. The van der Waals surface area contributed by atoms with Gasteiger partial charge in [0.15, 0.2) is 0 Å². The van der Waals surface area contributed by atoms with Gasteiger partial charge in [-0.05, 0) is 45.4 Å². The summed E-state index contributed by atoms with van der Waals surface area (Å²) in [4.78, 5) is 0. The van der Waals surface area contributed by atoms with Gasteiger partial charge < -0.3 is 4.74 Å². The largest absolute Gasteiger partial charge is 0.374 e. The molecule has 0 amide bonds. The summed E-state index contributed by atoms with van der Waals surface area (Å²) in [6.07, 6.45) is 6.62. The molecule has 1 fully saturated rings. The molecule has 102 valence electrons. The van der Waals surface area contributed by atoms with Gasteiger partial charge >= 0.3 is 0 Å². The molecule has 1 unspecified atom stereocenters. The Morgan fingerprint density at radius 3 is 2.24 bits per heavy atom. The van der Waals surface area contributed by atoms with E-state index in [2.05, 4.69) is 33.1 Å². The van der Waals surface area contributed by atoms with E-state index in [1.165, 1.54) is 32.1 Å². The Labute approximate surface area is 106 Å². The van der Waals surface area contributed by atoms with Gasteiger partial charge in [-0.15, -0.1) is 0 Å². The molecule has 0 bridgehead atoms. The first-order valence-electron chi connectivity index (χ1n) is 7.06. The number of nitrogens with two attached hydrogens (primary N) is 1. The lowest BCUT2D eigenvalue weighted by Crippen LogP contribution is -2.46. The summed E-state index contributed by atoms with van der Waals surface area (Å²) >= 11 is 0. The average Bonchev–Trinajstić information content (AvgIpc) is 2.29. The van der Waals surface area contributed by atoms with E-state index in [0.29, 0.717) is 12.0 Å². The predicted molar refractivity (Wildman–Crippen MR) is 72.6 cm³/mol. The van der Waals surface area contributed by atoms with Crippen LogP contribution < -0.4 is 11.3 Å². The van der Waals surface area contributed by atoms with Crippen molar-refractivity contribution in [3.8, 4) is 0 Å². The third-order valence-corrected chi connectivity index (χ3v) is 3.95. The van der Waals surface area contributed by atoms with Crippen LogP contribution in [-0.2, 0) is 4.74 Å². The highest BCUT2D eigenvalue weighted by Crippen LogP contribution is 2.32. The maximum Gasteiger partial charge on any atom is 0.0642 e. The van der Waals surface area contributed by atoms with Gasteiger partial charge in [0.2, 0.25) is 0 Å². The van der Waals surface area contributed by atoms with Gasteiger partial charge in [-0.3, -0.25) is 11.3 Å². The summed E-state index contributed by atoms with van der Waals surface area (Å²) in [6, 6.07) is 0.312. The second kappa shape index (κ2) is 6.72. The number of hydrogen-bond donors (Lipinski definition) is 2. The summed E-state index contributed by atoms with van der Waals surface area (Å²) in [5, 5.41) is 0. The number of hydrogen-bond acceptors (Lipinski definition) is 3. The molecule has 17 heavy (non-hydrogen) atoms. The highest BCUT2D eigenvalue weighted by atomic mass is 16.5. The minimum Gasteiger partial charge on any atom is -0.374 e. The molecule has 0 aliphatic heterocycles. The zero-order chi connectivity index (χ0) is 12.9. The average molecular weight is 242 g/mol. The normalized spacial score (nSPS) is 28.1. The van der Waals surface area contributed by atoms with Gasteiger partial charge in [-0.1, -0.05) is 26.2 Å². The summed E-state index contributed by atoms with van der Waals surface area (Å²) in [7, 11) is 0. The van der Waals surface area contributed by atoms with Crippen molar-refractivity contribution >= 4 is 0 Å². The lowest BCUT2D eigenvalue weighted by atomic mass is 9.78. The number of rotatable bonds is 5. The van der Waals surface area contributed by atoms with Crippen LogP contribution in [0.3, 0.4) is 0 Å². The zero-order valence-corrected chi connectivity index (χ0v) is 12.0. The molecule has 3 N–H and O–H groups in total. The van der Waals surface area contributed by atoms with Crippen molar-refractivity contribution in [3.05, 3.63) is 0 Å². The van der Waals surface area contributed by atoms with Crippen LogP contribution in [-0.4, -0.2) is 18.2 Å². The second-order valence-electron chi connectivity index (χ2n) is 6.39. The van der Waals surface area contributed by atoms with Crippen LogP contribution in [0.15, 0.2) is 0 Å². The van der Waals surface area contributed by atoms with Crippen molar-refractivity contribution in [1.82, 2.24) is 5.43 Å². The first-order valence-corrected chi connectivity index (χ1v) is 7.06. The van der Waals surface area contributed by atoms with Crippen LogP contribution in [0.4, 0.5) is 0 Å². The first kappa shape index (κ1) is 14.9. The predicted octanol–water partition coefficient (Wildman–Crippen LogP) is 2.85. The number of ether oxygens (including phenoxy) is 1. The smallest absolute Gasteiger partial charge is 0.0642 e. The van der Waals surface area contributed by atoms with E-state index < -0.39 is 0 Å². The molecular formula is C14H30N2O. The molecule has 3 nitrogen and oxygen atoms in total. The van der Waals surface area contributed by atoms with Gasteiger partial charge in [0, 0.05) is 6.04 Å². The van der Waals surface area contributed by atoms with E-state index in [9.17, 15) is 0 Å². The summed E-state index contributed by atoms with van der Waals surface area (Å²) in [6.45, 7) is 9.30. The summed E-state index contributed by atoms with van der Waals surface area (Å²) in [5.74, 6) is 7.29. The standard InChI is InChI=1S/C14H30N2O/c1-5-11-6-8-12(9-7-11)13(16-15)10-17-14(2,3)4/h11-13,16H,5-10,15H2,1-4H3. The lowest BCUT2D eigenvalue weighted by Gasteiger charge is -2.34. The molecule has 1 atom stereocenters. The first-order chi connectivity index (χ1) is 7.96. The van der Waals surface area contributed by atoms with Crippen LogP contribution in [0.1, 0.15) is 59.8 Å². The molecule has 0 saturated heterocycles. The Kier molecular flexibility index (Phi) is 5.90. The SMILES string of the molecule is CCC1CCC(C(COC(C)(C)C)NN)CC1. The van der Waals surface area contributed by atoms with Crippen molar-refractivity contribution in [2.45, 2.75) is 71.4 Å². The highest BCUT2D eigenvalue weighted by molar-refractivity contribution is 4.81. The van der Waals surface area contributed by atoms with Crippen LogP contribution in [0.25, 0.3) is 0 Å². The third kappa shape index (κ3) is 5.36. The quantitative estimate of drug-likeness (QED) is 0.575. The van der Waals surface area contributed by atoms with Gasteiger partial charge in [0.05, 0.1) is 12.2 Å². The fourth-order valence-corrected chi connectivity index (χ4v) is 2.66. The fraction of sp³-hybridized carbons (Fsp3) is 1.00. The highest BCUT2D eigenvalue weighted by Gasteiger charge is 2.27. The molecule has 0 aromatic rings. The molecule has 1 aliphatic rings. The van der Waals surface area contributed by atoms with Crippen molar-refractivity contribution in [2.75, 3.05) is 6.61 Å². The Morgan fingerprint density at radius 1 is 1.24 bits per heavy atom. The Hall–Kier alpha value is -0.120. The Bertz CT molecular complexity index is 205. The monoisotopic (exact) mass is 242 g/mol. The lowest BCUT2D eigenvalue weighted by molar-refractivity contribution is -0.0258. The molecular weight excluding hydrogens is 212 g/mol. The molecule has 3 heteroatoms. The van der Waals surface area contributed by atoms with Crippen molar-refractivity contribution in [1.29, 1.82) is 0 Å². The summed E-state index contributed by atoms with van der Waals surface area (Å²) in [5.41, 5.74) is 2.88. The van der Waals surface area contributed by atoms with E-state index in [-0.39, 0.29) is 5.60 Å². The third-order valence-electron chi connectivity index (χ3n) is 3.95. The van der Waals surface area contributed by atoms with Crippen LogP contribution >= 0.6 is 0 Å². The van der Waals surface area contributed by atoms with Crippen molar-refractivity contribution < 1.29 is 4.74 Å². The van der Waals surface area contributed by atoms with E-state index in [1.54, 1.807) is 0 Å². The number of nitrogens with one attached hydrogen (secondary N) is 1. The fourth-order valence-electron chi connectivity index (χ4n) is 2.66. The summed E-state index contributed by atoms with van der Waals surface area (Å²) < 4.78 is 5.85. The van der Waals surface area contributed by atoms with E-state index in [0.717, 1.165) is 12.5 Å². The topological polar surface area (TPSA) is 47.3 Å². The Morgan fingerprint density at radius 2 is 1.82 bits per heavy atom. The van der Waals surface area contributed by atoms with E-state index in [4.69, 9.17) is 10.6 Å². The minimum absolute atomic E-state index is 0.0737. The zero-order valence-electron chi connectivity index (χ0n) is 12.0.